The van der Waals surface area contributed by atoms with Crippen molar-refractivity contribution in [2.45, 2.75) is 25.7 Å². The molecule has 0 saturated heterocycles. The molecule has 2 aliphatic rings. The first-order valence-corrected chi connectivity index (χ1v) is 7.84. The Morgan fingerprint density at radius 2 is 1.95 bits per heavy atom. The van der Waals surface area contributed by atoms with Crippen LogP contribution in [-0.2, 0) is 4.79 Å². The highest BCUT2D eigenvalue weighted by Gasteiger charge is 2.54. The lowest BCUT2D eigenvalue weighted by molar-refractivity contribution is -0.122. The molecule has 112 valence electrons. The summed E-state index contributed by atoms with van der Waals surface area (Å²) < 4.78 is 0. The Kier molecular flexibility index (Phi) is 4.09. The van der Waals surface area contributed by atoms with Crippen molar-refractivity contribution < 1.29 is 9.90 Å². The first-order chi connectivity index (χ1) is 10.1. The number of hydrogen-bond acceptors (Lipinski definition) is 3. The van der Waals surface area contributed by atoms with Gasteiger partial charge in [-0.15, -0.1) is 0 Å². The van der Waals surface area contributed by atoms with Gasteiger partial charge in [0.2, 0.25) is 5.91 Å². The van der Waals surface area contributed by atoms with Gasteiger partial charge in [0.15, 0.2) is 0 Å². The molecule has 2 fully saturated rings. The number of nitrogens with zero attached hydrogens (tertiary/aromatic N) is 1. The number of phenols is 1. The fourth-order valence-electron chi connectivity index (χ4n) is 3.31. The number of nitrogens with one attached hydrogen (secondary N) is 1. The number of amides is 1. The minimum atomic E-state index is -0.0980. The van der Waals surface area contributed by atoms with Crippen molar-refractivity contribution in [3.8, 4) is 5.75 Å². The predicted molar refractivity (Wildman–Crippen MR) is 82.8 cm³/mol. The van der Waals surface area contributed by atoms with Crippen LogP contribution in [0.1, 0.15) is 31.2 Å². The second kappa shape index (κ2) is 5.85. The van der Waals surface area contributed by atoms with E-state index in [1.54, 1.807) is 0 Å². The smallest absolute Gasteiger partial charge is 0.243 e. The highest BCUT2D eigenvalue weighted by Crippen LogP contribution is 2.55. The monoisotopic (exact) mass is 326 g/mol. The lowest BCUT2D eigenvalue weighted by atomic mass is 10.0. The lowest BCUT2D eigenvalue weighted by Gasteiger charge is -2.04. The zero-order valence-electron chi connectivity index (χ0n) is 11.4. The summed E-state index contributed by atoms with van der Waals surface area (Å²) in [5, 5.41) is 14.2. The van der Waals surface area contributed by atoms with Gasteiger partial charge in [-0.3, -0.25) is 4.79 Å². The number of hydrogen-bond donors (Lipinski definition) is 2. The molecule has 2 atom stereocenters. The third-order valence-electron chi connectivity index (χ3n) is 4.40. The van der Waals surface area contributed by atoms with Crippen molar-refractivity contribution in [3.63, 3.8) is 0 Å². The van der Waals surface area contributed by atoms with E-state index in [9.17, 15) is 9.90 Å². The summed E-state index contributed by atoms with van der Waals surface area (Å²) in [5.41, 5.74) is 2.92. The molecule has 3 rings (SSSR count). The Balaban J connectivity index is 1.61. The van der Waals surface area contributed by atoms with Crippen LogP contribution in [0, 0.1) is 17.8 Å². The Hall–Kier alpha value is -1.26. The second-order valence-electron chi connectivity index (χ2n) is 5.70. The third kappa shape index (κ3) is 3.01. The third-order valence-corrected chi connectivity index (χ3v) is 4.90. The van der Waals surface area contributed by atoms with Crippen molar-refractivity contribution in [1.29, 1.82) is 0 Å². The largest absolute Gasteiger partial charge is 0.506 e. The lowest BCUT2D eigenvalue weighted by Crippen LogP contribution is -2.20. The Bertz CT molecular complexity index is 592. The number of hydrazone groups is 1. The van der Waals surface area contributed by atoms with Crippen molar-refractivity contribution in [1.82, 2.24) is 5.43 Å². The minimum absolute atomic E-state index is 0.0317. The van der Waals surface area contributed by atoms with E-state index in [0.717, 1.165) is 12.8 Å². The van der Waals surface area contributed by atoms with Gasteiger partial charge in [0.1, 0.15) is 5.75 Å². The van der Waals surface area contributed by atoms with Crippen LogP contribution in [0.15, 0.2) is 17.2 Å². The highest BCUT2D eigenvalue weighted by molar-refractivity contribution is 6.36. The molecule has 0 aromatic heterocycles. The van der Waals surface area contributed by atoms with E-state index in [0.29, 0.717) is 22.4 Å². The highest BCUT2D eigenvalue weighted by atomic mass is 35.5. The maximum Gasteiger partial charge on any atom is 0.243 e. The first kappa shape index (κ1) is 14.7. The first-order valence-electron chi connectivity index (χ1n) is 7.09. The molecule has 1 aromatic rings. The van der Waals surface area contributed by atoms with Crippen molar-refractivity contribution in [2.24, 2.45) is 22.9 Å². The van der Waals surface area contributed by atoms with Crippen LogP contribution >= 0.6 is 23.2 Å². The van der Waals surface area contributed by atoms with Crippen LogP contribution < -0.4 is 5.43 Å². The Morgan fingerprint density at radius 3 is 2.62 bits per heavy atom. The van der Waals surface area contributed by atoms with Crippen LogP contribution in [0.3, 0.4) is 0 Å². The van der Waals surface area contributed by atoms with E-state index in [-0.39, 0.29) is 22.6 Å². The fraction of sp³-hybridized carbons (Fsp3) is 0.467. The van der Waals surface area contributed by atoms with Crippen LogP contribution in [0.2, 0.25) is 10.0 Å². The zero-order valence-corrected chi connectivity index (χ0v) is 12.9. The van der Waals surface area contributed by atoms with E-state index < -0.39 is 0 Å². The fourth-order valence-corrected chi connectivity index (χ4v) is 3.81. The molecule has 0 spiro atoms. The predicted octanol–water partition coefficient (Wildman–Crippen LogP) is 3.59. The number of benzene rings is 1. The van der Waals surface area contributed by atoms with Gasteiger partial charge in [0.25, 0.3) is 0 Å². The van der Waals surface area contributed by atoms with Crippen molar-refractivity contribution in [2.75, 3.05) is 0 Å². The molecule has 1 aromatic carbocycles. The zero-order chi connectivity index (χ0) is 15.0. The molecule has 2 aliphatic carbocycles. The Labute approximate surface area is 133 Å². The molecule has 0 heterocycles. The van der Waals surface area contributed by atoms with E-state index in [1.165, 1.54) is 31.2 Å². The molecule has 2 unspecified atom stereocenters. The van der Waals surface area contributed by atoms with Gasteiger partial charge in [-0.2, -0.15) is 5.10 Å². The van der Waals surface area contributed by atoms with Crippen LogP contribution in [-0.4, -0.2) is 17.2 Å². The summed E-state index contributed by atoms with van der Waals surface area (Å²) >= 11 is 11.7. The number of rotatable bonds is 3. The van der Waals surface area contributed by atoms with Gasteiger partial charge >= 0.3 is 0 Å². The quantitative estimate of drug-likeness (QED) is 0.658. The van der Waals surface area contributed by atoms with Gasteiger partial charge in [-0.25, -0.2) is 5.43 Å². The van der Waals surface area contributed by atoms with Gasteiger partial charge in [-0.05, 0) is 36.8 Å². The van der Waals surface area contributed by atoms with E-state index in [1.807, 2.05) is 0 Å². The number of phenolic OH excluding ortho intramolecular Hbond substituents is 1. The molecule has 21 heavy (non-hydrogen) atoms. The molecule has 1 amide bonds. The summed E-state index contributed by atoms with van der Waals surface area (Å²) in [5.74, 6) is 1.07. The van der Waals surface area contributed by atoms with Gasteiger partial charge < -0.3 is 5.11 Å². The van der Waals surface area contributed by atoms with E-state index in [4.69, 9.17) is 23.2 Å². The van der Waals surface area contributed by atoms with Gasteiger partial charge in [-0.1, -0.05) is 36.0 Å². The maximum atomic E-state index is 12.0. The van der Waals surface area contributed by atoms with Crippen LogP contribution in [0.4, 0.5) is 0 Å². The minimum Gasteiger partial charge on any atom is -0.506 e. The molecule has 0 aliphatic heterocycles. The molecular formula is C15H16Cl2N2O2. The van der Waals surface area contributed by atoms with E-state index in [2.05, 4.69) is 10.5 Å². The summed E-state index contributed by atoms with van der Waals surface area (Å²) in [6, 6.07) is 2.98. The number of halogens is 2. The van der Waals surface area contributed by atoms with Gasteiger partial charge in [0.05, 0.1) is 11.2 Å². The average Bonchev–Trinajstić information content (AvgIpc) is 3.18. The number of aromatic hydroxyl groups is 1. The van der Waals surface area contributed by atoms with E-state index >= 15 is 0 Å². The van der Waals surface area contributed by atoms with Crippen LogP contribution in [0.25, 0.3) is 0 Å². The molecule has 0 bridgehead atoms. The van der Waals surface area contributed by atoms with Crippen LogP contribution in [0.5, 0.6) is 5.75 Å². The summed E-state index contributed by atoms with van der Waals surface area (Å²) in [4.78, 5) is 12.0. The molecule has 0 radical (unpaired) electrons. The summed E-state index contributed by atoms with van der Waals surface area (Å²) in [7, 11) is 0. The number of carbonyl (C=O) groups is 1. The Morgan fingerprint density at radius 1 is 1.29 bits per heavy atom. The van der Waals surface area contributed by atoms with Crippen molar-refractivity contribution >= 4 is 35.3 Å². The van der Waals surface area contributed by atoms with Gasteiger partial charge in [0, 0.05) is 16.5 Å². The number of fused-ring (bicyclic) bond motifs is 1. The normalized spacial score (nSPS) is 27.4. The molecular weight excluding hydrogens is 311 g/mol. The van der Waals surface area contributed by atoms with Crippen molar-refractivity contribution in [3.05, 3.63) is 27.7 Å². The number of carbonyl (C=O) groups excluding carboxylic acids is 1. The maximum absolute atomic E-state index is 12.0. The second-order valence-corrected chi connectivity index (χ2v) is 6.54. The standard InChI is InChI=1S/C15H16Cl2N2O2/c16-9-5-8(14(20)12(17)6-9)7-18-19-15(21)13-10-3-1-2-4-11(10)13/h5-7,10-11,13,20H,1-4H2,(H,19,21)/b18-7+. The SMILES string of the molecule is O=C(N/N=C/c1cc(Cl)cc(Cl)c1O)C1C2CCCCC21. The molecule has 6 heteroatoms. The molecule has 2 saturated carbocycles. The topological polar surface area (TPSA) is 61.7 Å². The summed E-state index contributed by atoms with van der Waals surface area (Å²) in [6.45, 7) is 0. The molecule has 2 N–H and O–H groups in total. The molecule has 4 nitrogen and oxygen atoms in total. The summed E-state index contributed by atoms with van der Waals surface area (Å²) in [6.07, 6.45) is 6.11. The average molecular weight is 327 g/mol.